The average Bonchev–Trinajstić information content (AvgIpc) is 3.83. The number of carbonyl (C=O) groups excluding carboxylic acids is 7. The molecule has 16 heteroatoms. The van der Waals surface area contributed by atoms with Crippen molar-refractivity contribution in [2.75, 3.05) is 13.1 Å². The maximum absolute atomic E-state index is 14.5. The Morgan fingerprint density at radius 3 is 2.31 bits per heavy atom. The fourth-order valence-electron chi connectivity index (χ4n) is 9.71. The first-order chi connectivity index (χ1) is 28.1. The summed E-state index contributed by atoms with van der Waals surface area (Å²) in [7, 11) is 0. The Balaban J connectivity index is 1.22. The number of hydrogen-bond donors (Lipinski definition) is 5. The minimum atomic E-state index is -3.09. The molecule has 3 aliphatic heterocycles. The van der Waals surface area contributed by atoms with Gasteiger partial charge < -0.3 is 36.5 Å². The molecule has 14 nitrogen and oxygen atoms in total. The number of carbonyl (C=O) groups is 7. The summed E-state index contributed by atoms with van der Waals surface area (Å²) in [6.07, 6.45) is 8.79. The van der Waals surface area contributed by atoms with Crippen LogP contribution in [0.2, 0.25) is 0 Å². The highest BCUT2D eigenvalue weighted by Crippen LogP contribution is 2.36. The molecular weight excluding hydrogens is 765 g/mol. The molecule has 3 saturated heterocycles. The second-order valence-corrected chi connectivity index (χ2v) is 17.2. The average molecular weight is 824 g/mol. The third kappa shape index (κ3) is 10.8. The number of nitrogens with two attached hydrogens (primary N) is 1. The lowest BCUT2D eigenvalue weighted by Gasteiger charge is -2.38. The van der Waals surface area contributed by atoms with Crippen molar-refractivity contribution in [3.8, 4) is 0 Å². The minimum Gasteiger partial charge on any atom is -0.370 e. The number of halogens is 2. The van der Waals surface area contributed by atoms with Crippen LogP contribution in [0.3, 0.4) is 0 Å². The fourth-order valence-corrected chi connectivity index (χ4v) is 9.71. The second kappa shape index (κ2) is 19.0. The van der Waals surface area contributed by atoms with Gasteiger partial charge in [-0.15, -0.1) is 0 Å². The molecule has 4 aliphatic rings. The topological polar surface area (TPSA) is 204 Å². The number of aromatic amines is 1. The van der Waals surface area contributed by atoms with Crippen molar-refractivity contribution < 1.29 is 42.3 Å². The maximum Gasteiger partial charge on any atom is 0.270 e. The highest BCUT2D eigenvalue weighted by molar-refractivity contribution is 6.01. The standard InChI is InChI=1S/C43H59F2N7O7/c1-25(53)47-29-12-15-34(50-39(56)35-22-27-21-28(43(2,44)45)11-14-32(27)48-35)42(59)52-30(23-29)13-17-36(52)40(57)49-33(16-18-38(46)55)37(54)24-31(26-9-5-3-6-10-26)41(58)51-19-7-4-8-20-51/h11,14,21-22,26,29-31,33-34,36,48H,3-10,12-13,15-20,23-24H2,1-2H3,(H2,46,55)(H,47,53)(H,49,57)(H,50,56)/t29-,30-,31+,33+,34+,36+/m1/s1. The molecule has 6 atom stereocenters. The third-order valence-corrected chi connectivity index (χ3v) is 12.8. The molecule has 4 fully saturated rings. The van der Waals surface area contributed by atoms with Gasteiger partial charge in [0.1, 0.15) is 17.8 Å². The summed E-state index contributed by atoms with van der Waals surface area (Å²) in [5.41, 5.74) is 5.81. The number of piperidine rings is 1. The SMILES string of the molecule is CC(=O)N[C@@H]1CC[C@H](NC(=O)c2cc3cc(C(C)(F)F)ccc3[nH]2)C(=O)N2[C@H](CC[C@H]2C(=O)N[C@@H](CCC(N)=O)C(=O)C[C@H](C(=O)N2CCCCC2)C2CCCCC2)C1. The van der Waals surface area contributed by atoms with Gasteiger partial charge in [-0.1, -0.05) is 25.3 Å². The summed E-state index contributed by atoms with van der Waals surface area (Å²) in [5.74, 6) is -6.65. The lowest BCUT2D eigenvalue weighted by Crippen LogP contribution is -2.59. The van der Waals surface area contributed by atoms with Crippen LogP contribution in [-0.4, -0.2) is 99.3 Å². The number of hydrogen-bond acceptors (Lipinski definition) is 7. The van der Waals surface area contributed by atoms with Crippen molar-refractivity contribution in [2.24, 2.45) is 17.6 Å². The van der Waals surface area contributed by atoms with Gasteiger partial charge in [0.25, 0.3) is 11.8 Å². The number of nitrogens with zero attached hydrogens (tertiary/aromatic N) is 2. The van der Waals surface area contributed by atoms with E-state index in [0.717, 1.165) is 58.3 Å². The van der Waals surface area contributed by atoms with E-state index >= 15 is 0 Å². The second-order valence-electron chi connectivity index (χ2n) is 17.2. The van der Waals surface area contributed by atoms with Gasteiger partial charge in [0.15, 0.2) is 5.78 Å². The van der Waals surface area contributed by atoms with Gasteiger partial charge in [-0.05, 0) is 94.7 Å². The first-order valence-electron chi connectivity index (χ1n) is 21.4. The normalized spacial score (nSPS) is 24.0. The molecule has 6 amide bonds. The van der Waals surface area contributed by atoms with Crippen molar-refractivity contribution in [2.45, 2.75) is 153 Å². The molecule has 1 aliphatic carbocycles. The van der Waals surface area contributed by atoms with Crippen LogP contribution < -0.4 is 21.7 Å². The van der Waals surface area contributed by atoms with E-state index in [0.29, 0.717) is 43.3 Å². The van der Waals surface area contributed by atoms with Crippen LogP contribution in [0.15, 0.2) is 24.3 Å². The summed E-state index contributed by atoms with van der Waals surface area (Å²) in [4.78, 5) is 101. The number of Topliss-reactive ketones (excluding diaryl/α,β-unsaturated/α-hetero) is 1. The van der Waals surface area contributed by atoms with Crippen LogP contribution in [-0.2, 0) is 34.7 Å². The van der Waals surface area contributed by atoms with E-state index in [2.05, 4.69) is 20.9 Å². The number of fused-ring (bicyclic) bond motifs is 2. The monoisotopic (exact) mass is 823 g/mol. The number of H-pyrrole nitrogens is 1. The Kier molecular flexibility index (Phi) is 14.1. The molecular formula is C43H59F2N7O7. The largest absolute Gasteiger partial charge is 0.370 e. The molecule has 59 heavy (non-hydrogen) atoms. The molecule has 0 radical (unpaired) electrons. The predicted molar refractivity (Wildman–Crippen MR) is 215 cm³/mol. The van der Waals surface area contributed by atoms with Gasteiger partial charge in [0.2, 0.25) is 29.5 Å². The minimum absolute atomic E-state index is 0.0312. The summed E-state index contributed by atoms with van der Waals surface area (Å²) in [6, 6.07) is 1.35. The zero-order valence-electron chi connectivity index (χ0n) is 34.2. The number of benzene rings is 1. The van der Waals surface area contributed by atoms with E-state index in [-0.39, 0.29) is 72.9 Å². The Morgan fingerprint density at radius 1 is 0.915 bits per heavy atom. The van der Waals surface area contributed by atoms with Gasteiger partial charge in [0, 0.05) is 74.2 Å². The number of aromatic nitrogens is 1. The Hall–Kier alpha value is -4.89. The molecule has 0 unspecified atom stereocenters. The highest BCUT2D eigenvalue weighted by atomic mass is 19.3. The van der Waals surface area contributed by atoms with Crippen LogP contribution in [0.4, 0.5) is 8.78 Å². The molecule has 0 spiro atoms. The molecule has 322 valence electrons. The predicted octanol–water partition coefficient (Wildman–Crippen LogP) is 4.34. The molecule has 4 heterocycles. The molecule has 1 aromatic heterocycles. The number of rotatable bonds is 14. The number of primary amides is 1. The van der Waals surface area contributed by atoms with Crippen molar-refractivity contribution in [3.05, 3.63) is 35.5 Å². The van der Waals surface area contributed by atoms with E-state index in [4.69, 9.17) is 5.73 Å². The lowest BCUT2D eigenvalue weighted by molar-refractivity contribution is -0.144. The fraction of sp³-hybridized carbons (Fsp3) is 0.651. The van der Waals surface area contributed by atoms with Gasteiger partial charge in [0.05, 0.1) is 6.04 Å². The molecule has 1 saturated carbocycles. The summed E-state index contributed by atoms with van der Waals surface area (Å²) < 4.78 is 28.1. The molecule has 0 bridgehead atoms. The van der Waals surface area contributed by atoms with Crippen LogP contribution >= 0.6 is 0 Å². The van der Waals surface area contributed by atoms with E-state index < -0.39 is 59.6 Å². The van der Waals surface area contributed by atoms with Crippen LogP contribution in [0.5, 0.6) is 0 Å². The van der Waals surface area contributed by atoms with Crippen molar-refractivity contribution >= 4 is 52.1 Å². The lowest BCUT2D eigenvalue weighted by atomic mass is 9.76. The first kappa shape index (κ1) is 43.7. The molecule has 6 rings (SSSR count). The van der Waals surface area contributed by atoms with E-state index in [9.17, 15) is 42.3 Å². The Bertz CT molecular complexity index is 1900. The van der Waals surface area contributed by atoms with E-state index in [1.54, 1.807) is 0 Å². The van der Waals surface area contributed by atoms with Crippen LogP contribution in [0.25, 0.3) is 10.9 Å². The van der Waals surface area contributed by atoms with Gasteiger partial charge >= 0.3 is 0 Å². The zero-order chi connectivity index (χ0) is 42.4. The number of amides is 6. The van der Waals surface area contributed by atoms with Gasteiger partial charge in [-0.3, -0.25) is 33.6 Å². The zero-order valence-corrected chi connectivity index (χ0v) is 34.2. The van der Waals surface area contributed by atoms with Crippen LogP contribution in [0.1, 0.15) is 133 Å². The van der Waals surface area contributed by atoms with Crippen molar-refractivity contribution in [1.29, 1.82) is 0 Å². The smallest absolute Gasteiger partial charge is 0.270 e. The quantitative estimate of drug-likeness (QED) is 0.186. The van der Waals surface area contributed by atoms with Gasteiger partial charge in [-0.2, -0.15) is 0 Å². The number of alkyl halides is 2. The highest BCUT2D eigenvalue weighted by Gasteiger charge is 2.46. The van der Waals surface area contributed by atoms with Crippen molar-refractivity contribution in [1.82, 2.24) is 30.7 Å². The summed E-state index contributed by atoms with van der Waals surface area (Å²) in [6.45, 7) is 3.48. The van der Waals surface area contributed by atoms with E-state index in [1.165, 1.54) is 36.1 Å². The summed E-state index contributed by atoms with van der Waals surface area (Å²) in [5, 5.41) is 8.97. The van der Waals surface area contributed by atoms with Crippen LogP contribution in [0, 0.1) is 11.8 Å². The Labute approximate surface area is 343 Å². The van der Waals surface area contributed by atoms with E-state index in [1.807, 2.05) is 4.90 Å². The molecule has 1 aromatic carbocycles. The maximum atomic E-state index is 14.5. The number of likely N-dealkylation sites (tertiary alicyclic amines) is 1. The number of nitrogens with one attached hydrogen (secondary N) is 4. The number of ketones is 1. The van der Waals surface area contributed by atoms with Crippen molar-refractivity contribution in [3.63, 3.8) is 0 Å². The first-order valence-corrected chi connectivity index (χ1v) is 21.4. The molecule has 6 N–H and O–H groups in total. The summed E-state index contributed by atoms with van der Waals surface area (Å²) >= 11 is 0. The third-order valence-electron chi connectivity index (χ3n) is 12.8. The molecule has 2 aromatic rings. The Morgan fingerprint density at radius 2 is 1.63 bits per heavy atom. The van der Waals surface area contributed by atoms with Gasteiger partial charge in [-0.25, -0.2) is 8.78 Å².